The number of anilines is 1. The van der Waals surface area contributed by atoms with E-state index >= 15 is 0 Å². The number of nitriles is 1. The first-order valence-corrected chi connectivity index (χ1v) is 16.4. The van der Waals surface area contributed by atoms with Gasteiger partial charge in [0.15, 0.2) is 16.5 Å². The zero-order chi connectivity index (χ0) is 32.6. The third-order valence-electron chi connectivity index (χ3n) is 8.64. The molecule has 11 heteroatoms. The first-order chi connectivity index (χ1) is 23.5. The molecular weight excluding hydrogens is 619 g/mol. The zero-order valence-electron chi connectivity index (χ0n) is 25.8. The highest BCUT2D eigenvalue weighted by atomic mass is 32.1. The molecule has 0 spiro atoms. The number of nitrogen functional groups attached to an aromatic ring is 1. The molecule has 3 aromatic carbocycles. The van der Waals surface area contributed by atoms with Gasteiger partial charge in [-0.3, -0.25) is 14.3 Å². The van der Waals surface area contributed by atoms with Crippen LogP contribution in [-0.4, -0.2) is 66.4 Å². The lowest BCUT2D eigenvalue weighted by atomic mass is 10.1. The SMILES string of the molecule is N#Cc1nc2cc(C(=O)N3CCN(Cc4ccc(-n5c(-c6cccnc6N)nc6ccc(-c7ccccc7)nc65)cc4)CC3)ccc2s1. The predicted octanol–water partition coefficient (Wildman–Crippen LogP) is 6.17. The molecular formula is C37H29N9OS. The molecule has 1 fully saturated rings. The van der Waals surface area contributed by atoms with Gasteiger partial charge in [0, 0.05) is 55.7 Å². The Bertz CT molecular complexity index is 2330. The summed E-state index contributed by atoms with van der Waals surface area (Å²) < 4.78 is 2.96. The molecule has 10 nitrogen and oxygen atoms in total. The van der Waals surface area contributed by atoms with Gasteiger partial charge in [-0.25, -0.2) is 19.9 Å². The molecule has 0 bridgehead atoms. The van der Waals surface area contributed by atoms with E-state index in [1.54, 1.807) is 12.3 Å². The quantitative estimate of drug-likeness (QED) is 0.227. The van der Waals surface area contributed by atoms with Crippen LogP contribution in [-0.2, 0) is 6.54 Å². The zero-order valence-corrected chi connectivity index (χ0v) is 26.6. The first kappa shape index (κ1) is 29.4. The van der Waals surface area contributed by atoms with Gasteiger partial charge in [0.25, 0.3) is 5.91 Å². The van der Waals surface area contributed by atoms with Crippen LogP contribution in [0.15, 0.2) is 103 Å². The number of imidazole rings is 1. The summed E-state index contributed by atoms with van der Waals surface area (Å²) in [5, 5.41) is 9.57. The first-order valence-electron chi connectivity index (χ1n) is 15.6. The normalized spacial score (nSPS) is 13.6. The number of amides is 1. The minimum atomic E-state index is -0.00550. The van der Waals surface area contributed by atoms with E-state index in [9.17, 15) is 4.79 Å². The molecule has 0 aliphatic carbocycles. The Kier molecular flexibility index (Phi) is 7.57. The molecule has 8 rings (SSSR count). The average molecular weight is 648 g/mol. The molecule has 1 amide bonds. The van der Waals surface area contributed by atoms with Crippen LogP contribution >= 0.6 is 11.3 Å². The van der Waals surface area contributed by atoms with Gasteiger partial charge < -0.3 is 10.6 Å². The molecule has 234 valence electrons. The van der Waals surface area contributed by atoms with E-state index in [1.807, 2.05) is 76.2 Å². The third-order valence-corrected chi connectivity index (χ3v) is 9.58. The monoisotopic (exact) mass is 647 g/mol. The van der Waals surface area contributed by atoms with Gasteiger partial charge in [-0.1, -0.05) is 42.5 Å². The Balaban J connectivity index is 1.02. The number of thiazole rings is 1. The highest BCUT2D eigenvalue weighted by Gasteiger charge is 2.23. The molecule has 2 N–H and O–H groups in total. The number of carbonyl (C=O) groups is 1. The fourth-order valence-electron chi connectivity index (χ4n) is 6.17. The molecule has 0 saturated carbocycles. The molecule has 0 unspecified atom stereocenters. The predicted molar refractivity (Wildman–Crippen MR) is 187 cm³/mol. The van der Waals surface area contributed by atoms with E-state index in [4.69, 9.17) is 21.0 Å². The Hall–Kier alpha value is -5.96. The van der Waals surface area contributed by atoms with Crippen molar-refractivity contribution in [1.29, 1.82) is 5.26 Å². The average Bonchev–Trinajstić information content (AvgIpc) is 3.73. The summed E-state index contributed by atoms with van der Waals surface area (Å²) in [4.78, 5) is 36.2. The lowest BCUT2D eigenvalue weighted by Crippen LogP contribution is -2.48. The Morgan fingerprint density at radius 2 is 1.67 bits per heavy atom. The van der Waals surface area contributed by atoms with E-state index in [-0.39, 0.29) is 5.91 Å². The number of benzene rings is 3. The maximum Gasteiger partial charge on any atom is 0.254 e. The topological polar surface area (TPSA) is 130 Å². The van der Waals surface area contributed by atoms with Gasteiger partial charge in [0.05, 0.1) is 21.5 Å². The van der Waals surface area contributed by atoms with E-state index in [2.05, 4.69) is 45.2 Å². The molecule has 5 heterocycles. The number of hydrogen-bond acceptors (Lipinski definition) is 9. The van der Waals surface area contributed by atoms with E-state index in [0.29, 0.717) is 40.8 Å². The fraction of sp³-hybridized carbons (Fsp3) is 0.135. The van der Waals surface area contributed by atoms with Crippen molar-refractivity contribution in [3.63, 3.8) is 0 Å². The van der Waals surface area contributed by atoms with Gasteiger partial charge in [0.2, 0.25) is 0 Å². The second-order valence-electron chi connectivity index (χ2n) is 11.7. The Morgan fingerprint density at radius 1 is 0.854 bits per heavy atom. The number of nitrogens with two attached hydrogens (primary N) is 1. The lowest BCUT2D eigenvalue weighted by Gasteiger charge is -2.34. The maximum atomic E-state index is 13.3. The van der Waals surface area contributed by atoms with E-state index in [0.717, 1.165) is 58.0 Å². The van der Waals surface area contributed by atoms with Crippen molar-refractivity contribution in [1.82, 2.24) is 34.3 Å². The molecule has 1 aliphatic rings. The molecule has 4 aromatic heterocycles. The number of aromatic nitrogens is 5. The highest BCUT2D eigenvalue weighted by molar-refractivity contribution is 7.19. The number of hydrogen-bond donors (Lipinski definition) is 1. The number of fused-ring (bicyclic) bond motifs is 2. The van der Waals surface area contributed by atoms with Crippen LogP contribution in [0.25, 0.3) is 49.7 Å². The number of nitrogens with zero attached hydrogens (tertiary/aromatic N) is 8. The molecule has 48 heavy (non-hydrogen) atoms. The van der Waals surface area contributed by atoms with Gasteiger partial charge >= 0.3 is 0 Å². The van der Waals surface area contributed by atoms with Crippen LogP contribution in [0.2, 0.25) is 0 Å². The van der Waals surface area contributed by atoms with Crippen molar-refractivity contribution in [2.45, 2.75) is 6.54 Å². The summed E-state index contributed by atoms with van der Waals surface area (Å²) in [6.45, 7) is 3.60. The number of rotatable bonds is 6. The van der Waals surface area contributed by atoms with Crippen LogP contribution in [0.1, 0.15) is 20.9 Å². The third kappa shape index (κ3) is 5.53. The molecule has 1 saturated heterocycles. The smallest absolute Gasteiger partial charge is 0.254 e. The lowest BCUT2D eigenvalue weighted by molar-refractivity contribution is 0.0628. The van der Waals surface area contributed by atoms with Crippen molar-refractivity contribution in [3.05, 3.63) is 119 Å². The van der Waals surface area contributed by atoms with Crippen LogP contribution in [0.3, 0.4) is 0 Å². The standard InChI is InChI=1S/C37H29N9OS/c38-22-33-41-31-21-26(10-15-32(31)48-33)37(47)45-19-17-44(18-20-45)23-24-8-11-27(12-9-24)46-35(28-7-4-16-40-34(28)39)43-30-14-13-29(42-36(30)46)25-5-2-1-3-6-25/h1-16,21H,17-20,23H2,(H2,39,40). The second-order valence-corrected chi connectivity index (χ2v) is 12.7. The van der Waals surface area contributed by atoms with E-state index in [1.165, 1.54) is 16.9 Å². The largest absolute Gasteiger partial charge is 0.383 e. The van der Waals surface area contributed by atoms with Crippen molar-refractivity contribution in [2.24, 2.45) is 0 Å². The molecule has 0 radical (unpaired) electrons. The van der Waals surface area contributed by atoms with Gasteiger partial charge in [0.1, 0.15) is 17.4 Å². The summed E-state index contributed by atoms with van der Waals surface area (Å²) in [5.74, 6) is 1.08. The van der Waals surface area contributed by atoms with Crippen LogP contribution in [0, 0.1) is 11.3 Å². The van der Waals surface area contributed by atoms with Crippen molar-refractivity contribution in [2.75, 3.05) is 31.9 Å². The number of carbonyl (C=O) groups excluding carboxylic acids is 1. The van der Waals surface area contributed by atoms with Crippen molar-refractivity contribution >= 4 is 44.4 Å². The summed E-state index contributed by atoms with van der Waals surface area (Å²) in [5.41, 5.74) is 13.9. The molecule has 7 aromatic rings. The number of pyridine rings is 2. The van der Waals surface area contributed by atoms with Crippen molar-refractivity contribution in [3.8, 4) is 34.4 Å². The molecule has 0 atom stereocenters. The van der Waals surface area contributed by atoms with Gasteiger partial charge in [-0.15, -0.1) is 11.3 Å². The fourth-order valence-corrected chi connectivity index (χ4v) is 6.91. The summed E-state index contributed by atoms with van der Waals surface area (Å²) in [6, 6.07) is 33.9. The minimum Gasteiger partial charge on any atom is -0.383 e. The second kappa shape index (κ2) is 12.3. The summed E-state index contributed by atoms with van der Waals surface area (Å²) >= 11 is 1.34. The van der Waals surface area contributed by atoms with Crippen LogP contribution < -0.4 is 5.73 Å². The van der Waals surface area contributed by atoms with Crippen LogP contribution in [0.4, 0.5) is 5.82 Å². The van der Waals surface area contributed by atoms with E-state index < -0.39 is 0 Å². The van der Waals surface area contributed by atoms with Crippen LogP contribution in [0.5, 0.6) is 0 Å². The van der Waals surface area contributed by atoms with Crippen molar-refractivity contribution < 1.29 is 4.79 Å². The number of piperazine rings is 1. The minimum absolute atomic E-state index is 0.00550. The van der Waals surface area contributed by atoms with Gasteiger partial charge in [-0.05, 0) is 60.2 Å². The Labute approximate surface area is 280 Å². The summed E-state index contributed by atoms with van der Waals surface area (Å²) in [6.07, 6.45) is 1.68. The Morgan fingerprint density at radius 3 is 2.44 bits per heavy atom. The summed E-state index contributed by atoms with van der Waals surface area (Å²) in [7, 11) is 0. The highest BCUT2D eigenvalue weighted by Crippen LogP contribution is 2.32. The van der Waals surface area contributed by atoms with Gasteiger partial charge in [-0.2, -0.15) is 5.26 Å². The maximum absolute atomic E-state index is 13.3. The molecule has 1 aliphatic heterocycles.